The fraction of sp³-hybridized carbons (Fsp3) is 1.00. The Balaban J connectivity index is 0.000000640. The quantitative estimate of drug-likeness (QED) is 0.576. The number of hydrogen-bond donors (Lipinski definition) is 1. The minimum atomic E-state index is 0. The van der Waals surface area contributed by atoms with Crippen molar-refractivity contribution in [3.05, 3.63) is 0 Å². The molecule has 0 aliphatic heterocycles. The molecule has 0 heterocycles. The van der Waals surface area contributed by atoms with Gasteiger partial charge >= 0.3 is 0 Å². The molecule has 2 atom stereocenters. The van der Waals surface area contributed by atoms with Crippen molar-refractivity contribution < 1.29 is 0 Å². The molecule has 9 heavy (non-hydrogen) atoms. The second-order valence-corrected chi connectivity index (χ2v) is 2.90. The maximum Gasteiger partial charge on any atom is -0.00463 e. The molecule has 1 saturated carbocycles. The second-order valence-electron chi connectivity index (χ2n) is 2.90. The molecule has 0 aromatic heterocycles. The van der Waals surface area contributed by atoms with Crippen LogP contribution in [0, 0.1) is 11.8 Å². The highest BCUT2D eigenvalue weighted by atomic mass is 14.6. The van der Waals surface area contributed by atoms with E-state index in [0.29, 0.717) is 0 Å². The normalized spacial score (nSPS) is 34.0. The van der Waals surface area contributed by atoms with Gasteiger partial charge in [-0.1, -0.05) is 27.2 Å². The van der Waals surface area contributed by atoms with E-state index in [0.717, 1.165) is 18.4 Å². The van der Waals surface area contributed by atoms with Gasteiger partial charge in [0, 0.05) is 0 Å². The van der Waals surface area contributed by atoms with Gasteiger partial charge < -0.3 is 5.73 Å². The van der Waals surface area contributed by atoms with Gasteiger partial charge in [0.1, 0.15) is 0 Å². The monoisotopic (exact) mass is 129 g/mol. The molecule has 0 aromatic rings. The Kier molecular flexibility index (Phi) is 3.87. The van der Waals surface area contributed by atoms with Crippen molar-refractivity contribution in [1.82, 2.24) is 0 Å². The molecule has 1 aliphatic carbocycles. The van der Waals surface area contributed by atoms with Crippen molar-refractivity contribution in [3.8, 4) is 0 Å². The van der Waals surface area contributed by atoms with Gasteiger partial charge in [-0.3, -0.25) is 0 Å². The summed E-state index contributed by atoms with van der Waals surface area (Å²) in [7, 11) is 0. The second kappa shape index (κ2) is 3.89. The molecular formula is C8H19N. The molecule has 1 fully saturated rings. The van der Waals surface area contributed by atoms with Crippen molar-refractivity contribution >= 4 is 0 Å². The van der Waals surface area contributed by atoms with Gasteiger partial charge in [-0.05, 0) is 24.8 Å². The lowest BCUT2D eigenvalue weighted by atomic mass is 9.99. The molecule has 0 radical (unpaired) electrons. The van der Waals surface area contributed by atoms with Crippen LogP contribution in [0.4, 0.5) is 0 Å². The molecule has 1 aliphatic rings. The highest BCUT2D eigenvalue weighted by Crippen LogP contribution is 2.29. The van der Waals surface area contributed by atoms with Crippen LogP contribution in [0.5, 0.6) is 0 Å². The molecule has 0 bridgehead atoms. The summed E-state index contributed by atoms with van der Waals surface area (Å²) in [6.07, 6.45) is 4.18. The van der Waals surface area contributed by atoms with Crippen molar-refractivity contribution in [3.63, 3.8) is 0 Å². The van der Waals surface area contributed by atoms with Crippen molar-refractivity contribution in [2.45, 2.75) is 33.6 Å². The predicted molar refractivity (Wildman–Crippen MR) is 42.3 cm³/mol. The zero-order valence-electron chi connectivity index (χ0n) is 5.56. The minimum Gasteiger partial charge on any atom is -0.330 e. The Hall–Kier alpha value is -0.0400. The third kappa shape index (κ3) is 1.98. The molecule has 0 amide bonds. The average molecular weight is 129 g/mol. The van der Waals surface area contributed by atoms with Gasteiger partial charge in [-0.2, -0.15) is 0 Å². The highest BCUT2D eigenvalue weighted by molar-refractivity contribution is 4.73. The van der Waals surface area contributed by atoms with Crippen LogP contribution in [0.1, 0.15) is 33.6 Å². The summed E-state index contributed by atoms with van der Waals surface area (Å²) in [4.78, 5) is 0. The van der Waals surface area contributed by atoms with E-state index in [2.05, 4.69) is 6.92 Å². The van der Waals surface area contributed by atoms with Crippen LogP contribution >= 0.6 is 0 Å². The lowest BCUT2D eigenvalue weighted by Crippen LogP contribution is -2.15. The van der Waals surface area contributed by atoms with Crippen molar-refractivity contribution in [2.75, 3.05) is 6.54 Å². The average Bonchev–Trinajstić information content (AvgIpc) is 2.14. The number of hydrogen-bond acceptors (Lipinski definition) is 1. The summed E-state index contributed by atoms with van der Waals surface area (Å²) in [6, 6.07) is 0. The third-order valence-corrected chi connectivity index (χ3v) is 2.34. The van der Waals surface area contributed by atoms with Crippen LogP contribution in [0.15, 0.2) is 0 Å². The number of nitrogens with two attached hydrogens (primary N) is 1. The van der Waals surface area contributed by atoms with Crippen molar-refractivity contribution in [1.29, 1.82) is 0 Å². The number of rotatable bonds is 1. The van der Waals surface area contributed by atoms with E-state index < -0.39 is 0 Å². The van der Waals surface area contributed by atoms with Crippen molar-refractivity contribution in [2.24, 2.45) is 17.6 Å². The lowest BCUT2D eigenvalue weighted by molar-refractivity contribution is 0.429. The summed E-state index contributed by atoms with van der Waals surface area (Å²) in [5, 5.41) is 0. The molecule has 0 aromatic carbocycles. The molecule has 2 N–H and O–H groups in total. The molecule has 1 nitrogen and oxygen atoms in total. The molecule has 0 saturated heterocycles. The zero-order chi connectivity index (χ0) is 5.98. The molecule has 56 valence electrons. The van der Waals surface area contributed by atoms with E-state index in [-0.39, 0.29) is 7.43 Å². The summed E-state index contributed by atoms with van der Waals surface area (Å²) >= 11 is 0. The fourth-order valence-corrected chi connectivity index (χ4v) is 1.57. The smallest absolute Gasteiger partial charge is 0.00463 e. The van der Waals surface area contributed by atoms with E-state index in [9.17, 15) is 0 Å². The summed E-state index contributed by atoms with van der Waals surface area (Å²) < 4.78 is 0. The first-order valence-corrected chi connectivity index (χ1v) is 3.54. The van der Waals surface area contributed by atoms with E-state index >= 15 is 0 Å². The molecular weight excluding hydrogens is 110 g/mol. The molecule has 1 heteroatoms. The highest BCUT2D eigenvalue weighted by Gasteiger charge is 2.20. The standard InChI is InChI=1S/C7H15N.CH4/c1-6-3-2-4-7(6)5-8;/h6-7H,2-5,8H2,1H3;1H4. The largest absolute Gasteiger partial charge is 0.330 e. The van der Waals surface area contributed by atoms with Gasteiger partial charge in [0.25, 0.3) is 0 Å². The van der Waals surface area contributed by atoms with Crippen LogP contribution < -0.4 is 5.73 Å². The summed E-state index contributed by atoms with van der Waals surface area (Å²) in [6.45, 7) is 3.21. The van der Waals surface area contributed by atoms with Crippen LogP contribution in [-0.4, -0.2) is 6.54 Å². The SMILES string of the molecule is C.CC1CCCC1CN. The molecule has 2 unspecified atom stereocenters. The van der Waals surface area contributed by atoms with Gasteiger partial charge in [-0.15, -0.1) is 0 Å². The van der Waals surface area contributed by atoms with E-state index in [1.807, 2.05) is 0 Å². The van der Waals surface area contributed by atoms with E-state index in [1.54, 1.807) is 0 Å². The van der Waals surface area contributed by atoms with E-state index in [4.69, 9.17) is 5.73 Å². The molecule has 1 rings (SSSR count). The predicted octanol–water partition coefficient (Wildman–Crippen LogP) is 2.02. The Labute approximate surface area is 58.6 Å². The van der Waals surface area contributed by atoms with Gasteiger partial charge in [0.15, 0.2) is 0 Å². The Morgan fingerprint density at radius 3 is 2.33 bits per heavy atom. The maximum atomic E-state index is 5.52. The fourth-order valence-electron chi connectivity index (χ4n) is 1.57. The Bertz CT molecular complexity index is 71.0. The maximum absolute atomic E-state index is 5.52. The first-order valence-electron chi connectivity index (χ1n) is 3.54. The molecule has 0 spiro atoms. The summed E-state index contributed by atoms with van der Waals surface area (Å²) in [5.74, 6) is 1.75. The lowest BCUT2D eigenvalue weighted by Gasteiger charge is -2.10. The Morgan fingerprint density at radius 2 is 2.11 bits per heavy atom. The van der Waals surface area contributed by atoms with Gasteiger partial charge in [0.2, 0.25) is 0 Å². The topological polar surface area (TPSA) is 26.0 Å². The van der Waals surface area contributed by atoms with Crippen LogP contribution in [0.25, 0.3) is 0 Å². The summed E-state index contributed by atoms with van der Waals surface area (Å²) in [5.41, 5.74) is 5.52. The first-order chi connectivity index (χ1) is 3.84. The van der Waals surface area contributed by atoms with Gasteiger partial charge in [-0.25, -0.2) is 0 Å². The van der Waals surface area contributed by atoms with Crippen LogP contribution in [-0.2, 0) is 0 Å². The van der Waals surface area contributed by atoms with Gasteiger partial charge in [0.05, 0.1) is 0 Å². The zero-order valence-corrected chi connectivity index (χ0v) is 5.56. The van der Waals surface area contributed by atoms with E-state index in [1.165, 1.54) is 19.3 Å². The Morgan fingerprint density at radius 1 is 1.44 bits per heavy atom. The minimum absolute atomic E-state index is 0. The van der Waals surface area contributed by atoms with Crippen LogP contribution in [0.3, 0.4) is 0 Å². The third-order valence-electron chi connectivity index (χ3n) is 2.34. The van der Waals surface area contributed by atoms with Crippen LogP contribution in [0.2, 0.25) is 0 Å². The first kappa shape index (κ1) is 8.96.